The second-order valence-electron chi connectivity index (χ2n) is 10.6. The van der Waals surface area contributed by atoms with Crippen molar-refractivity contribution >= 4 is 11.9 Å². The molecule has 0 aromatic heterocycles. The van der Waals surface area contributed by atoms with Crippen LogP contribution in [0.25, 0.3) is 0 Å². The average Bonchev–Trinajstić information content (AvgIpc) is 3.11. The van der Waals surface area contributed by atoms with E-state index in [0.29, 0.717) is 145 Å². The largest absolute Gasteiger partial charge is 0.480 e. The predicted molar refractivity (Wildman–Crippen MR) is 182 cm³/mol. The molecule has 298 valence electrons. The van der Waals surface area contributed by atoms with Gasteiger partial charge in [-0.05, 0) is 12.8 Å². The third kappa shape index (κ3) is 39.2. The normalized spacial score (nSPS) is 12.0. The van der Waals surface area contributed by atoms with Crippen LogP contribution in [0.2, 0.25) is 0 Å². The molecule has 1 atom stereocenters. The summed E-state index contributed by atoms with van der Waals surface area (Å²) in [6.07, 6.45) is 3.81. The number of carbonyl (C=O) groups is 2. The first kappa shape index (κ1) is 48.5. The molecule has 1 unspecified atom stereocenters. The molecular formula is C34H66O16. The first-order chi connectivity index (χ1) is 24.6. The van der Waals surface area contributed by atoms with E-state index in [1.807, 2.05) is 6.92 Å². The maximum absolute atomic E-state index is 12.0. The molecule has 0 rings (SSSR count). The summed E-state index contributed by atoms with van der Waals surface area (Å²) in [6, 6.07) is 0. The fourth-order valence-electron chi connectivity index (χ4n) is 3.84. The minimum absolute atomic E-state index is 0.00949. The second-order valence-corrected chi connectivity index (χ2v) is 10.6. The molecule has 0 heterocycles. The summed E-state index contributed by atoms with van der Waals surface area (Å²) in [5.41, 5.74) is 0. The molecule has 0 fully saturated rings. The Morgan fingerprint density at radius 2 is 0.680 bits per heavy atom. The van der Waals surface area contributed by atoms with Gasteiger partial charge < -0.3 is 66.7 Å². The Hall–Kier alpha value is -1.54. The van der Waals surface area contributed by atoms with Crippen molar-refractivity contribution in [2.75, 3.05) is 165 Å². The van der Waals surface area contributed by atoms with Gasteiger partial charge in [-0.2, -0.15) is 0 Å². The Kier molecular flexibility index (Phi) is 40.6. The maximum atomic E-state index is 12.0. The van der Waals surface area contributed by atoms with E-state index in [4.69, 9.17) is 66.7 Å². The van der Waals surface area contributed by atoms with Crippen LogP contribution >= 0.6 is 0 Å². The number of esters is 1. The van der Waals surface area contributed by atoms with Crippen molar-refractivity contribution in [1.29, 1.82) is 0 Å². The first-order valence-corrected chi connectivity index (χ1v) is 17.9. The number of hydrogen-bond donors (Lipinski definition) is 1. The predicted octanol–water partition coefficient (Wildman–Crippen LogP) is 2.03. The zero-order chi connectivity index (χ0) is 36.4. The summed E-state index contributed by atoms with van der Waals surface area (Å²) in [5.74, 6) is -1.13. The van der Waals surface area contributed by atoms with Crippen molar-refractivity contribution in [2.24, 2.45) is 5.92 Å². The smallest absolute Gasteiger partial charge is 0.329 e. The van der Waals surface area contributed by atoms with Crippen LogP contribution in [0.3, 0.4) is 0 Å². The quantitative estimate of drug-likeness (QED) is 0.0712. The molecule has 0 aromatic carbocycles. The number of carbonyl (C=O) groups excluding carboxylic acids is 1. The van der Waals surface area contributed by atoms with Crippen LogP contribution in [0, 0.1) is 5.92 Å². The van der Waals surface area contributed by atoms with Crippen LogP contribution in [-0.4, -0.2) is 182 Å². The van der Waals surface area contributed by atoms with Crippen LogP contribution in [0.5, 0.6) is 0 Å². The highest BCUT2D eigenvalue weighted by Crippen LogP contribution is 2.14. The van der Waals surface area contributed by atoms with Gasteiger partial charge in [0.1, 0.15) is 13.2 Å². The fraction of sp³-hybridized carbons (Fsp3) is 0.941. The molecule has 0 bridgehead atoms. The van der Waals surface area contributed by atoms with E-state index in [1.165, 1.54) is 0 Å². The molecule has 0 aliphatic heterocycles. The zero-order valence-electron chi connectivity index (χ0n) is 30.7. The third-order valence-corrected chi connectivity index (χ3v) is 6.52. The lowest BCUT2D eigenvalue weighted by Crippen LogP contribution is -2.20. The Balaban J connectivity index is 3.14. The van der Waals surface area contributed by atoms with Crippen molar-refractivity contribution < 1.29 is 76.3 Å². The molecule has 0 saturated carbocycles. The monoisotopic (exact) mass is 730 g/mol. The van der Waals surface area contributed by atoms with E-state index in [-0.39, 0.29) is 31.7 Å². The van der Waals surface area contributed by atoms with Gasteiger partial charge in [-0.3, -0.25) is 4.79 Å². The van der Waals surface area contributed by atoms with Crippen LogP contribution in [-0.2, 0) is 71.2 Å². The standard InChI is InChI=1S/C34H66O16/c1-3-5-6-32(4-2)34(37)50-30-29-48-26-25-46-22-21-44-18-17-42-14-13-40-10-9-38-7-8-39-11-12-41-15-16-43-19-20-45-23-24-47-27-28-49-31-33(35)36/h32H,3-31H2,1-2H3,(H,35,36). The highest BCUT2D eigenvalue weighted by Gasteiger charge is 2.16. The van der Waals surface area contributed by atoms with Gasteiger partial charge in [0.25, 0.3) is 0 Å². The summed E-state index contributed by atoms with van der Waals surface area (Å²) in [5, 5.41) is 8.43. The molecule has 0 amide bonds. The topological polar surface area (TPSA) is 174 Å². The van der Waals surface area contributed by atoms with E-state index >= 15 is 0 Å². The summed E-state index contributed by atoms with van der Waals surface area (Å²) in [6.45, 7) is 14.4. The van der Waals surface area contributed by atoms with Gasteiger partial charge in [-0.1, -0.05) is 26.7 Å². The first-order valence-electron chi connectivity index (χ1n) is 17.9. The summed E-state index contributed by atoms with van der Waals surface area (Å²) >= 11 is 0. The zero-order valence-corrected chi connectivity index (χ0v) is 30.7. The molecule has 1 N–H and O–H groups in total. The van der Waals surface area contributed by atoms with Gasteiger partial charge in [0, 0.05) is 0 Å². The van der Waals surface area contributed by atoms with E-state index in [9.17, 15) is 9.59 Å². The van der Waals surface area contributed by atoms with Crippen molar-refractivity contribution in [1.82, 2.24) is 0 Å². The Bertz CT molecular complexity index is 702. The van der Waals surface area contributed by atoms with Gasteiger partial charge in [-0.15, -0.1) is 0 Å². The highest BCUT2D eigenvalue weighted by atomic mass is 16.6. The molecular weight excluding hydrogens is 664 g/mol. The number of carboxylic acids is 1. The van der Waals surface area contributed by atoms with Gasteiger partial charge in [0.2, 0.25) is 0 Å². The van der Waals surface area contributed by atoms with Crippen molar-refractivity contribution in [3.8, 4) is 0 Å². The van der Waals surface area contributed by atoms with Gasteiger partial charge in [-0.25, -0.2) is 4.79 Å². The molecule has 0 aliphatic rings. The summed E-state index contributed by atoms with van der Waals surface area (Å²) in [4.78, 5) is 22.3. The van der Waals surface area contributed by atoms with Crippen LogP contribution in [0.15, 0.2) is 0 Å². The highest BCUT2D eigenvalue weighted by molar-refractivity contribution is 5.72. The number of hydrogen-bond acceptors (Lipinski definition) is 15. The van der Waals surface area contributed by atoms with Gasteiger partial charge in [0.05, 0.1) is 158 Å². The maximum Gasteiger partial charge on any atom is 0.329 e. The molecule has 16 nitrogen and oxygen atoms in total. The van der Waals surface area contributed by atoms with Crippen molar-refractivity contribution in [2.45, 2.75) is 39.5 Å². The third-order valence-electron chi connectivity index (χ3n) is 6.52. The molecule has 50 heavy (non-hydrogen) atoms. The summed E-state index contributed by atoms with van der Waals surface area (Å²) in [7, 11) is 0. The fourth-order valence-corrected chi connectivity index (χ4v) is 3.84. The Morgan fingerprint density at radius 3 is 0.920 bits per heavy atom. The number of ether oxygens (including phenoxy) is 13. The second kappa shape index (κ2) is 41.9. The lowest BCUT2D eigenvalue weighted by Gasteiger charge is -2.13. The lowest BCUT2D eigenvalue weighted by atomic mass is 10.00. The molecule has 0 saturated heterocycles. The minimum Gasteiger partial charge on any atom is -0.480 e. The van der Waals surface area contributed by atoms with Gasteiger partial charge >= 0.3 is 11.9 Å². The van der Waals surface area contributed by atoms with Crippen LogP contribution in [0.4, 0.5) is 0 Å². The average molecular weight is 731 g/mol. The number of aliphatic carboxylic acids is 1. The molecule has 0 aromatic rings. The van der Waals surface area contributed by atoms with Crippen molar-refractivity contribution in [3.05, 3.63) is 0 Å². The summed E-state index contributed by atoms with van der Waals surface area (Å²) < 4.78 is 69.9. The number of carboxylic acid groups (broad SMARTS) is 1. The number of rotatable bonds is 43. The Morgan fingerprint density at radius 1 is 0.420 bits per heavy atom. The van der Waals surface area contributed by atoms with E-state index in [2.05, 4.69) is 6.92 Å². The van der Waals surface area contributed by atoms with Gasteiger partial charge in [0.15, 0.2) is 0 Å². The molecule has 0 spiro atoms. The molecule has 16 heteroatoms. The minimum atomic E-state index is -0.999. The van der Waals surface area contributed by atoms with Crippen molar-refractivity contribution in [3.63, 3.8) is 0 Å². The van der Waals surface area contributed by atoms with E-state index in [1.54, 1.807) is 0 Å². The number of unbranched alkanes of at least 4 members (excludes halogenated alkanes) is 1. The van der Waals surface area contributed by atoms with E-state index < -0.39 is 5.97 Å². The SMILES string of the molecule is CCCCC(CC)C(=O)OCCOCCOCCOCCOCCOCCOCCOCCOCCOCCOCCOCCOCC(=O)O. The Labute approximate surface area is 298 Å². The molecule has 0 radical (unpaired) electrons. The van der Waals surface area contributed by atoms with E-state index in [0.717, 1.165) is 25.7 Å². The molecule has 0 aliphatic carbocycles. The van der Waals surface area contributed by atoms with Crippen LogP contribution in [0.1, 0.15) is 39.5 Å². The van der Waals surface area contributed by atoms with Crippen LogP contribution < -0.4 is 0 Å². The lowest BCUT2D eigenvalue weighted by molar-refractivity contribution is -0.150.